The molecule has 0 radical (unpaired) electrons. The van der Waals surface area contributed by atoms with Crippen LogP contribution in [0.5, 0.6) is 11.5 Å². The molecule has 6 fully saturated rings. The molecule has 4 saturated heterocycles. The van der Waals surface area contributed by atoms with Crippen LogP contribution in [0.1, 0.15) is 80.9 Å². The molecule has 10 aliphatic rings. The number of rotatable bonds is 4. The number of nitriles is 1. The predicted octanol–water partition coefficient (Wildman–Crippen LogP) is 5.78. The third kappa shape index (κ3) is 8.09. The number of nitrogens with zero attached hydrogens (tertiary/aromatic N) is 6. The van der Waals surface area contributed by atoms with Gasteiger partial charge in [0.2, 0.25) is 0 Å². The van der Waals surface area contributed by atoms with Gasteiger partial charge in [-0.1, -0.05) is 52.3 Å². The molecule has 2 saturated carbocycles. The second kappa shape index (κ2) is 18.2. The molecule has 2 spiro atoms. The molecule has 14 rings (SSSR count). The van der Waals surface area contributed by atoms with E-state index in [4.69, 9.17) is 57.3 Å². The molecule has 360 valence electrons. The van der Waals surface area contributed by atoms with Gasteiger partial charge in [0.1, 0.15) is 23.7 Å². The highest BCUT2D eigenvalue weighted by molar-refractivity contribution is 9.10. The van der Waals surface area contributed by atoms with E-state index >= 15 is 0 Å². The molecule has 4 aromatic rings. The monoisotopic (exact) mass is 1010 g/mol. The first kappa shape index (κ1) is 47.4. The number of hydrogen-bond acceptors (Lipinski definition) is 13. The molecular formula is C52H54BBrN8O8. The predicted molar refractivity (Wildman–Crippen MR) is 265 cm³/mol. The topological polar surface area (TPSA) is 223 Å². The van der Waals surface area contributed by atoms with Gasteiger partial charge >= 0.3 is 7.12 Å². The molecule has 2 amide bonds. The lowest BCUT2D eigenvalue weighted by Crippen LogP contribution is -2.56. The number of carbonyl (C=O) groups is 2. The standard InChI is InChI=1S/C26H26N4O3.C19H22BrN3O3.C7H6BNO2/c1-28-18-5-3-4-16(12-18)17-6-7-21-20(13-17)26(23(31)30(2)24(27)29-26)14-22(33-21)25-10-8-19(9-11-25)32-15-25;1-23-16(24)19(22-17(23)21)9-15(18-6-4-12(5-7-18)25-10-18)26-14-3-2-11(20)8-13(14)19;9-5-6-2-1-3-7(4-6)8(10)11/h3-7,12-13,19,22H,8-11,14-15H2,2H3,(H2,27,29);2-3,8,12,15H,4-7,9-10H2,1H3,(H2,21,22);1-4,10-11H. The van der Waals surface area contributed by atoms with Crippen LogP contribution in [-0.4, -0.2) is 102 Å². The SMILES string of the molecule is CN1C(=O)C2(CC(C34CCC(CC3)OC4)Oc3ccc(Br)cc32)N=C1N.N#Cc1cccc(B(O)O)c1.[C-]#[N+]c1cccc(-c2ccc3c(c2)C2(CC(C45CCC(CC4)OC5)O3)N=C(N)N(C)C2=O)c1. The smallest absolute Gasteiger partial charge is 0.488 e. The number of nitrogens with two attached hydrogens (primary N) is 2. The summed E-state index contributed by atoms with van der Waals surface area (Å²) >= 11 is 3.51. The van der Waals surface area contributed by atoms with Crippen molar-refractivity contribution in [3.05, 3.63) is 118 Å². The quantitative estimate of drug-likeness (QED) is 0.142. The molecule has 16 nitrogen and oxygen atoms in total. The Morgan fingerprint density at radius 1 is 0.743 bits per heavy atom. The highest BCUT2D eigenvalue weighted by Gasteiger charge is 2.60. The number of aliphatic imine (C=N–C) groups is 2. The molecule has 0 aromatic heterocycles. The third-order valence-electron chi connectivity index (χ3n) is 16.0. The number of guanidine groups is 2. The summed E-state index contributed by atoms with van der Waals surface area (Å²) < 4.78 is 26.1. The summed E-state index contributed by atoms with van der Waals surface area (Å²) in [4.78, 5) is 42.8. The van der Waals surface area contributed by atoms with E-state index in [1.165, 1.54) is 15.9 Å². The fraction of sp³-hybridized carbons (Fsp3) is 0.423. The molecule has 2 aliphatic carbocycles. The molecule has 70 heavy (non-hydrogen) atoms. The van der Waals surface area contributed by atoms with Crippen LogP contribution >= 0.6 is 15.9 Å². The van der Waals surface area contributed by atoms with Crippen molar-refractivity contribution in [1.82, 2.24) is 9.80 Å². The number of halogens is 1. The molecule has 8 heterocycles. The van der Waals surface area contributed by atoms with E-state index in [0.29, 0.717) is 60.7 Å². The zero-order valence-corrected chi connectivity index (χ0v) is 40.6. The Hall–Kier alpha value is -6.28. The molecule has 4 unspecified atom stereocenters. The van der Waals surface area contributed by atoms with Gasteiger partial charge in [0.05, 0.1) is 43.6 Å². The number of benzene rings is 4. The Balaban J connectivity index is 0.000000136. The second-order valence-corrected chi connectivity index (χ2v) is 20.8. The van der Waals surface area contributed by atoms with Gasteiger partial charge < -0.3 is 40.5 Å². The Bertz CT molecular complexity index is 2880. The largest absolute Gasteiger partial charge is 0.489 e. The van der Waals surface area contributed by atoms with Crippen LogP contribution in [0.2, 0.25) is 0 Å². The minimum absolute atomic E-state index is 0.0434. The molecule has 8 aliphatic heterocycles. The maximum atomic E-state index is 13.6. The van der Waals surface area contributed by atoms with Gasteiger partial charge in [-0.3, -0.25) is 19.4 Å². The van der Waals surface area contributed by atoms with Crippen LogP contribution < -0.4 is 26.4 Å². The highest BCUT2D eigenvalue weighted by Crippen LogP contribution is 2.57. The summed E-state index contributed by atoms with van der Waals surface area (Å²) in [5.41, 5.74) is 14.7. The van der Waals surface area contributed by atoms with Crippen molar-refractivity contribution in [2.45, 2.75) is 99.7 Å². The van der Waals surface area contributed by atoms with Crippen molar-refractivity contribution in [2.75, 3.05) is 27.3 Å². The van der Waals surface area contributed by atoms with Crippen molar-refractivity contribution < 1.29 is 38.6 Å². The molecule has 6 N–H and O–H groups in total. The lowest BCUT2D eigenvalue weighted by Gasteiger charge is -2.52. The van der Waals surface area contributed by atoms with E-state index in [0.717, 1.165) is 83.8 Å². The van der Waals surface area contributed by atoms with Gasteiger partial charge in [0.15, 0.2) is 28.7 Å². The average Bonchev–Trinajstić information content (AvgIpc) is 3.75. The Morgan fingerprint density at radius 2 is 1.26 bits per heavy atom. The van der Waals surface area contributed by atoms with E-state index in [2.05, 4.69) is 25.8 Å². The first-order valence-electron chi connectivity index (χ1n) is 23.7. The van der Waals surface area contributed by atoms with E-state index in [1.807, 2.05) is 60.7 Å². The number of fused-ring (bicyclic) bond motifs is 10. The number of amides is 2. The van der Waals surface area contributed by atoms with Crippen LogP contribution in [-0.2, 0) is 30.1 Å². The van der Waals surface area contributed by atoms with Crippen LogP contribution in [0.3, 0.4) is 0 Å². The first-order chi connectivity index (χ1) is 33.6. The van der Waals surface area contributed by atoms with Gasteiger partial charge in [-0.25, -0.2) is 14.8 Å². The zero-order chi connectivity index (χ0) is 49.2. The normalized spacial score (nSPS) is 30.8. The Kier molecular flexibility index (Phi) is 12.3. The number of hydrogen-bond donors (Lipinski definition) is 4. The summed E-state index contributed by atoms with van der Waals surface area (Å²) in [6.07, 6.45) is 9.88. The lowest BCUT2D eigenvalue weighted by molar-refractivity contribution is -0.164. The maximum absolute atomic E-state index is 13.6. The first-order valence-corrected chi connectivity index (χ1v) is 24.5. The van der Waals surface area contributed by atoms with Gasteiger partial charge in [-0.15, -0.1) is 0 Å². The Morgan fingerprint density at radius 3 is 1.73 bits per heavy atom. The molecule has 18 heteroatoms. The summed E-state index contributed by atoms with van der Waals surface area (Å²) in [6.45, 7) is 8.70. The van der Waals surface area contributed by atoms with Crippen LogP contribution in [0.25, 0.3) is 16.0 Å². The van der Waals surface area contributed by atoms with E-state index in [9.17, 15) is 9.59 Å². The highest BCUT2D eigenvalue weighted by atomic mass is 79.9. The van der Waals surface area contributed by atoms with Crippen molar-refractivity contribution >= 4 is 57.9 Å². The molecule has 4 bridgehead atoms. The lowest BCUT2D eigenvalue weighted by atomic mass is 9.64. The van der Waals surface area contributed by atoms with Crippen LogP contribution in [0, 0.1) is 28.7 Å². The third-order valence-corrected chi connectivity index (χ3v) is 16.5. The zero-order valence-electron chi connectivity index (χ0n) is 39.0. The fourth-order valence-corrected chi connectivity index (χ4v) is 12.1. The summed E-state index contributed by atoms with van der Waals surface area (Å²) in [5.74, 6) is 1.70. The van der Waals surface area contributed by atoms with Crippen molar-refractivity contribution in [3.8, 4) is 28.7 Å². The van der Waals surface area contributed by atoms with Gasteiger partial charge in [-0.05, 0) is 116 Å². The number of likely N-dealkylation sites (N-methyl/N-ethyl adjacent to an activating group) is 2. The van der Waals surface area contributed by atoms with Gasteiger partial charge in [0, 0.05) is 53.4 Å². The van der Waals surface area contributed by atoms with Crippen LogP contribution in [0.4, 0.5) is 5.69 Å². The van der Waals surface area contributed by atoms with Crippen molar-refractivity contribution in [2.24, 2.45) is 32.3 Å². The van der Waals surface area contributed by atoms with Crippen LogP contribution in [0.15, 0.2) is 99.4 Å². The summed E-state index contributed by atoms with van der Waals surface area (Å²) in [7, 11) is 1.87. The van der Waals surface area contributed by atoms with Crippen molar-refractivity contribution in [1.29, 1.82) is 5.26 Å². The van der Waals surface area contributed by atoms with Gasteiger partial charge in [0.25, 0.3) is 11.8 Å². The number of ether oxygens (including phenoxy) is 4. The summed E-state index contributed by atoms with van der Waals surface area (Å²) in [6, 6.07) is 27.3. The average molecular weight is 1010 g/mol. The minimum Gasteiger partial charge on any atom is -0.489 e. The molecular weight excluding hydrogens is 955 g/mol. The molecule has 4 atom stereocenters. The number of carbonyl (C=O) groups excluding carboxylic acids is 2. The minimum atomic E-state index is -1.50. The maximum Gasteiger partial charge on any atom is 0.488 e. The molecule has 4 aromatic carbocycles. The van der Waals surface area contributed by atoms with E-state index in [-0.39, 0.29) is 46.8 Å². The van der Waals surface area contributed by atoms with Gasteiger partial charge in [-0.2, -0.15) is 5.26 Å². The Labute approximate surface area is 415 Å². The fourth-order valence-electron chi connectivity index (χ4n) is 11.8. The summed E-state index contributed by atoms with van der Waals surface area (Å²) in [5, 5.41) is 25.8. The van der Waals surface area contributed by atoms with Crippen molar-refractivity contribution in [3.63, 3.8) is 0 Å². The second-order valence-electron chi connectivity index (χ2n) is 19.9. The van der Waals surface area contributed by atoms with E-state index in [1.54, 1.807) is 38.4 Å². The van der Waals surface area contributed by atoms with E-state index < -0.39 is 18.2 Å².